The summed E-state index contributed by atoms with van der Waals surface area (Å²) in [5, 5.41) is 0. The number of rotatable bonds is 4. The Hall–Kier alpha value is -1.32. The molecule has 0 aliphatic carbocycles. The Kier molecular flexibility index (Phi) is 4.54. The van der Waals surface area contributed by atoms with Gasteiger partial charge in [0.2, 0.25) is 11.8 Å². The second kappa shape index (κ2) is 5.55. The van der Waals surface area contributed by atoms with E-state index >= 15 is 0 Å². The van der Waals surface area contributed by atoms with Crippen LogP contribution in [-0.4, -0.2) is 29.3 Å². The molecule has 0 aromatic heterocycles. The third-order valence-electron chi connectivity index (χ3n) is 4.05. The Balaban J connectivity index is 2.87. The fourth-order valence-electron chi connectivity index (χ4n) is 2.15. The zero-order valence-electron chi connectivity index (χ0n) is 11.7. The SMILES string of the molecule is C=C(C(=O)N1CCCC[C@H]1C(N)=O)C(C)(C)CC. The summed E-state index contributed by atoms with van der Waals surface area (Å²) < 4.78 is 0. The number of likely N-dealkylation sites (tertiary alicyclic amines) is 1. The van der Waals surface area contributed by atoms with E-state index in [4.69, 9.17) is 5.73 Å². The topological polar surface area (TPSA) is 63.4 Å². The quantitative estimate of drug-likeness (QED) is 0.776. The first-order chi connectivity index (χ1) is 8.31. The molecule has 1 aliphatic rings. The minimum Gasteiger partial charge on any atom is -0.368 e. The standard InChI is InChI=1S/C14H24N2O2/c1-5-14(3,4)10(2)13(18)16-9-7-6-8-11(16)12(15)17/h11H,2,5-9H2,1,3-4H3,(H2,15,17)/t11-/m0/s1. The van der Waals surface area contributed by atoms with Gasteiger partial charge in [0.05, 0.1) is 0 Å². The Morgan fingerprint density at radius 1 is 1.39 bits per heavy atom. The fraction of sp³-hybridized carbons (Fsp3) is 0.714. The summed E-state index contributed by atoms with van der Waals surface area (Å²) in [6.45, 7) is 10.5. The monoisotopic (exact) mass is 252 g/mol. The number of primary amides is 1. The van der Waals surface area contributed by atoms with Gasteiger partial charge in [-0.15, -0.1) is 0 Å². The third kappa shape index (κ3) is 2.92. The van der Waals surface area contributed by atoms with Crippen molar-refractivity contribution in [2.45, 2.75) is 52.5 Å². The summed E-state index contributed by atoms with van der Waals surface area (Å²) in [7, 11) is 0. The molecule has 1 aliphatic heterocycles. The molecule has 0 bridgehead atoms. The van der Waals surface area contributed by atoms with Crippen molar-refractivity contribution in [3.05, 3.63) is 12.2 Å². The van der Waals surface area contributed by atoms with E-state index in [1.807, 2.05) is 20.8 Å². The lowest BCUT2D eigenvalue weighted by molar-refractivity contribution is -0.138. The van der Waals surface area contributed by atoms with Gasteiger partial charge in [-0.25, -0.2) is 0 Å². The van der Waals surface area contributed by atoms with E-state index in [1.165, 1.54) is 0 Å². The van der Waals surface area contributed by atoms with Crippen LogP contribution in [0.5, 0.6) is 0 Å². The van der Waals surface area contributed by atoms with Crippen molar-refractivity contribution in [1.29, 1.82) is 0 Å². The van der Waals surface area contributed by atoms with E-state index < -0.39 is 11.9 Å². The number of nitrogens with two attached hydrogens (primary N) is 1. The van der Waals surface area contributed by atoms with Crippen LogP contribution >= 0.6 is 0 Å². The van der Waals surface area contributed by atoms with Crippen molar-refractivity contribution in [3.8, 4) is 0 Å². The fourth-order valence-corrected chi connectivity index (χ4v) is 2.15. The van der Waals surface area contributed by atoms with Crippen LogP contribution in [0.2, 0.25) is 0 Å². The van der Waals surface area contributed by atoms with Gasteiger partial charge >= 0.3 is 0 Å². The zero-order chi connectivity index (χ0) is 13.9. The number of hydrogen-bond donors (Lipinski definition) is 1. The molecule has 0 saturated carbocycles. The van der Waals surface area contributed by atoms with E-state index in [2.05, 4.69) is 6.58 Å². The maximum atomic E-state index is 12.4. The molecule has 1 atom stereocenters. The van der Waals surface area contributed by atoms with E-state index in [0.717, 1.165) is 19.3 Å². The average molecular weight is 252 g/mol. The van der Waals surface area contributed by atoms with Gasteiger partial charge in [0.1, 0.15) is 6.04 Å². The predicted molar refractivity (Wildman–Crippen MR) is 71.8 cm³/mol. The molecule has 1 rings (SSSR count). The molecule has 1 heterocycles. The van der Waals surface area contributed by atoms with Gasteiger partial charge in [-0.2, -0.15) is 0 Å². The molecule has 0 aromatic rings. The lowest BCUT2D eigenvalue weighted by atomic mass is 9.81. The van der Waals surface area contributed by atoms with Gasteiger partial charge in [0.25, 0.3) is 0 Å². The Morgan fingerprint density at radius 3 is 2.50 bits per heavy atom. The smallest absolute Gasteiger partial charge is 0.250 e. The number of piperidine rings is 1. The van der Waals surface area contributed by atoms with Gasteiger partial charge in [0.15, 0.2) is 0 Å². The molecule has 1 saturated heterocycles. The van der Waals surface area contributed by atoms with Crippen molar-refractivity contribution in [2.75, 3.05) is 6.54 Å². The Morgan fingerprint density at radius 2 is 2.00 bits per heavy atom. The van der Waals surface area contributed by atoms with Crippen molar-refractivity contribution < 1.29 is 9.59 Å². The summed E-state index contributed by atoms with van der Waals surface area (Å²) in [5.41, 5.74) is 5.70. The van der Waals surface area contributed by atoms with Crippen LogP contribution in [0.3, 0.4) is 0 Å². The molecule has 2 amide bonds. The zero-order valence-corrected chi connectivity index (χ0v) is 11.7. The maximum Gasteiger partial charge on any atom is 0.250 e. The molecule has 0 radical (unpaired) electrons. The lowest BCUT2D eigenvalue weighted by Gasteiger charge is -2.37. The van der Waals surface area contributed by atoms with Crippen molar-refractivity contribution in [3.63, 3.8) is 0 Å². The summed E-state index contributed by atoms with van der Waals surface area (Å²) in [4.78, 5) is 25.4. The van der Waals surface area contributed by atoms with Crippen LogP contribution in [-0.2, 0) is 9.59 Å². The van der Waals surface area contributed by atoms with Crippen LogP contribution in [0.4, 0.5) is 0 Å². The summed E-state index contributed by atoms with van der Waals surface area (Å²) in [6, 6.07) is -0.462. The molecular formula is C14H24N2O2. The molecule has 2 N–H and O–H groups in total. The van der Waals surface area contributed by atoms with Gasteiger partial charge in [-0.1, -0.05) is 27.4 Å². The molecule has 0 aromatic carbocycles. The van der Waals surface area contributed by atoms with Crippen LogP contribution in [0, 0.1) is 5.41 Å². The number of carbonyl (C=O) groups is 2. The minimum atomic E-state index is -0.462. The highest BCUT2D eigenvalue weighted by Gasteiger charge is 2.35. The number of carbonyl (C=O) groups excluding carboxylic acids is 2. The lowest BCUT2D eigenvalue weighted by Crippen LogP contribution is -2.51. The molecule has 4 nitrogen and oxygen atoms in total. The van der Waals surface area contributed by atoms with Crippen LogP contribution < -0.4 is 5.73 Å². The summed E-state index contributed by atoms with van der Waals surface area (Å²) >= 11 is 0. The minimum absolute atomic E-state index is 0.120. The highest BCUT2D eigenvalue weighted by Crippen LogP contribution is 2.31. The molecular weight excluding hydrogens is 228 g/mol. The summed E-state index contributed by atoms with van der Waals surface area (Å²) in [6.07, 6.45) is 3.38. The first-order valence-corrected chi connectivity index (χ1v) is 6.61. The number of amides is 2. The maximum absolute atomic E-state index is 12.4. The van der Waals surface area contributed by atoms with Gasteiger partial charge < -0.3 is 10.6 Å². The van der Waals surface area contributed by atoms with E-state index in [-0.39, 0.29) is 11.3 Å². The molecule has 4 heteroatoms. The Bertz CT molecular complexity index is 361. The van der Waals surface area contributed by atoms with Crippen LogP contribution in [0.25, 0.3) is 0 Å². The molecule has 18 heavy (non-hydrogen) atoms. The van der Waals surface area contributed by atoms with E-state index in [9.17, 15) is 9.59 Å². The van der Waals surface area contributed by atoms with E-state index in [1.54, 1.807) is 4.90 Å². The Labute approximate surface area is 109 Å². The van der Waals surface area contributed by atoms with E-state index in [0.29, 0.717) is 18.5 Å². The predicted octanol–water partition coefficient (Wildman–Crippen LogP) is 1.85. The second-order valence-electron chi connectivity index (χ2n) is 5.63. The largest absolute Gasteiger partial charge is 0.368 e. The first-order valence-electron chi connectivity index (χ1n) is 6.61. The number of hydrogen-bond acceptors (Lipinski definition) is 2. The average Bonchev–Trinajstić information content (AvgIpc) is 2.36. The number of nitrogens with zero attached hydrogens (tertiary/aromatic N) is 1. The molecule has 0 unspecified atom stereocenters. The normalized spacial score (nSPS) is 20.6. The first kappa shape index (κ1) is 14.7. The van der Waals surface area contributed by atoms with Crippen LogP contribution in [0.15, 0.2) is 12.2 Å². The second-order valence-corrected chi connectivity index (χ2v) is 5.63. The summed E-state index contributed by atoms with van der Waals surface area (Å²) in [5.74, 6) is -0.532. The third-order valence-corrected chi connectivity index (χ3v) is 4.05. The highest BCUT2D eigenvalue weighted by atomic mass is 16.2. The highest BCUT2D eigenvalue weighted by molar-refractivity contribution is 5.97. The molecule has 1 fully saturated rings. The van der Waals surface area contributed by atoms with Crippen molar-refractivity contribution in [1.82, 2.24) is 4.90 Å². The van der Waals surface area contributed by atoms with Gasteiger partial charge in [-0.05, 0) is 31.1 Å². The van der Waals surface area contributed by atoms with Gasteiger partial charge in [-0.3, -0.25) is 9.59 Å². The van der Waals surface area contributed by atoms with Crippen molar-refractivity contribution in [2.24, 2.45) is 11.1 Å². The molecule has 0 spiro atoms. The van der Waals surface area contributed by atoms with Crippen LogP contribution in [0.1, 0.15) is 46.5 Å². The van der Waals surface area contributed by atoms with Gasteiger partial charge in [0, 0.05) is 12.1 Å². The molecule has 102 valence electrons. The van der Waals surface area contributed by atoms with Crippen molar-refractivity contribution >= 4 is 11.8 Å².